The first-order valence-electron chi connectivity index (χ1n) is 9.41. The highest BCUT2D eigenvalue weighted by Gasteiger charge is 2.47. The second-order valence-corrected chi connectivity index (χ2v) is 8.30. The second-order valence-electron chi connectivity index (χ2n) is 8.30. The van der Waals surface area contributed by atoms with Crippen LogP contribution in [-0.2, 0) is 17.9 Å². The SMILES string of the molecule is C[NH+](C)Cc1cn(C[C@H]2C[C@H]3CC[NH+]2C[C@@H]3C(=O)NC2CC2)nn1. The molecule has 1 saturated carbocycles. The zero-order valence-electron chi connectivity index (χ0n) is 14.8. The first kappa shape index (κ1) is 16.0. The number of rotatable bonds is 6. The molecular weight excluding hydrogens is 304 g/mol. The molecule has 0 spiro atoms. The standard InChI is InChI=1S/C17H28N6O/c1-21(2)8-14-9-23(20-19-14)10-15-7-12-5-6-22(15)11-16(12)17(24)18-13-3-4-13/h9,12-13,15-16H,3-8,10-11H2,1-2H3,(H,18,24)/p+2/t12-,15-,16+/m1/s1. The fraction of sp³-hybridized carbons (Fsp3) is 0.824. The fourth-order valence-corrected chi connectivity index (χ4v) is 4.45. The topological polar surface area (TPSA) is 68.7 Å². The number of hydrogen-bond donors (Lipinski definition) is 3. The molecule has 24 heavy (non-hydrogen) atoms. The second kappa shape index (κ2) is 6.44. The molecule has 5 rings (SSSR count). The Bertz CT molecular complexity index is 596. The molecule has 4 atom stereocenters. The van der Waals surface area contributed by atoms with Gasteiger partial charge in [-0.15, -0.1) is 5.10 Å². The van der Waals surface area contributed by atoms with E-state index in [1.807, 2.05) is 4.68 Å². The molecular formula is C17H30N6O+2. The summed E-state index contributed by atoms with van der Waals surface area (Å²) in [4.78, 5) is 15.4. The number of carbonyl (C=O) groups excluding carboxylic acids is 1. The van der Waals surface area contributed by atoms with Crippen LogP contribution in [0.25, 0.3) is 0 Å². The number of hydrogen-bond acceptors (Lipinski definition) is 3. The van der Waals surface area contributed by atoms with Gasteiger partial charge in [-0.25, -0.2) is 4.68 Å². The molecule has 0 aromatic carbocycles. The maximum absolute atomic E-state index is 12.5. The number of quaternary nitrogens is 2. The van der Waals surface area contributed by atoms with Gasteiger partial charge < -0.3 is 15.1 Å². The Labute approximate surface area is 143 Å². The molecule has 4 aliphatic rings. The minimum absolute atomic E-state index is 0.231. The lowest BCUT2D eigenvalue weighted by Gasteiger charge is -2.46. The number of nitrogens with zero attached hydrogens (tertiary/aromatic N) is 3. The van der Waals surface area contributed by atoms with Crippen LogP contribution in [0, 0.1) is 11.8 Å². The van der Waals surface area contributed by atoms with E-state index in [1.54, 1.807) is 4.90 Å². The van der Waals surface area contributed by atoms with Crippen molar-refractivity contribution in [1.29, 1.82) is 0 Å². The van der Waals surface area contributed by atoms with Gasteiger partial charge in [0.05, 0.1) is 45.8 Å². The van der Waals surface area contributed by atoms with Crippen molar-refractivity contribution in [2.24, 2.45) is 11.8 Å². The summed E-state index contributed by atoms with van der Waals surface area (Å²) in [5, 5.41) is 11.8. The van der Waals surface area contributed by atoms with Crippen LogP contribution in [0.1, 0.15) is 31.4 Å². The summed E-state index contributed by atoms with van der Waals surface area (Å²) >= 11 is 0. The number of carbonyl (C=O) groups is 1. The summed E-state index contributed by atoms with van der Waals surface area (Å²) < 4.78 is 2.01. The van der Waals surface area contributed by atoms with Gasteiger partial charge in [-0.2, -0.15) is 0 Å². The Kier molecular flexibility index (Phi) is 4.30. The quantitative estimate of drug-likeness (QED) is 0.539. The molecule has 4 fully saturated rings. The molecule has 1 aliphatic carbocycles. The molecule has 1 aromatic rings. The van der Waals surface area contributed by atoms with Crippen molar-refractivity contribution in [3.05, 3.63) is 11.9 Å². The molecule has 1 aromatic heterocycles. The van der Waals surface area contributed by atoms with Gasteiger partial charge >= 0.3 is 0 Å². The summed E-state index contributed by atoms with van der Waals surface area (Å²) in [7, 11) is 4.25. The number of amides is 1. The zero-order chi connectivity index (χ0) is 16.7. The maximum atomic E-state index is 12.5. The molecule has 3 N–H and O–H groups in total. The molecule has 7 nitrogen and oxygen atoms in total. The number of aromatic nitrogens is 3. The summed E-state index contributed by atoms with van der Waals surface area (Å²) in [5.74, 6) is 1.10. The van der Waals surface area contributed by atoms with Crippen LogP contribution in [0.5, 0.6) is 0 Å². The van der Waals surface area contributed by atoms with E-state index in [9.17, 15) is 4.79 Å². The number of fused-ring (bicyclic) bond motifs is 3. The average Bonchev–Trinajstić information content (AvgIpc) is 3.26. The van der Waals surface area contributed by atoms with E-state index in [0.717, 1.165) is 31.7 Å². The third-order valence-electron chi connectivity index (χ3n) is 5.84. The molecule has 1 amide bonds. The summed E-state index contributed by atoms with van der Waals surface area (Å²) in [6.07, 6.45) is 6.78. The minimum atomic E-state index is 0.231. The highest BCUT2D eigenvalue weighted by molar-refractivity contribution is 5.79. The van der Waals surface area contributed by atoms with Crippen molar-refractivity contribution in [1.82, 2.24) is 20.3 Å². The van der Waals surface area contributed by atoms with Crippen LogP contribution < -0.4 is 15.1 Å². The Morgan fingerprint density at radius 2 is 2.25 bits per heavy atom. The zero-order valence-corrected chi connectivity index (χ0v) is 14.8. The van der Waals surface area contributed by atoms with Gasteiger partial charge in [0.2, 0.25) is 5.91 Å². The monoisotopic (exact) mass is 334 g/mol. The van der Waals surface area contributed by atoms with Gasteiger partial charge in [-0.05, 0) is 18.8 Å². The molecule has 132 valence electrons. The third-order valence-corrected chi connectivity index (χ3v) is 5.84. The molecule has 1 unspecified atom stereocenters. The smallest absolute Gasteiger partial charge is 0.229 e. The van der Waals surface area contributed by atoms with E-state index in [4.69, 9.17) is 0 Å². The molecule has 0 radical (unpaired) electrons. The Hall–Kier alpha value is -1.47. The van der Waals surface area contributed by atoms with Crippen LogP contribution in [-0.4, -0.2) is 60.2 Å². The van der Waals surface area contributed by atoms with Crippen molar-refractivity contribution < 1.29 is 14.6 Å². The molecule has 4 heterocycles. The van der Waals surface area contributed by atoms with Crippen LogP contribution in [0.3, 0.4) is 0 Å². The first-order valence-corrected chi connectivity index (χ1v) is 9.41. The molecule has 7 heteroatoms. The number of nitrogens with one attached hydrogen (secondary N) is 3. The fourth-order valence-electron chi connectivity index (χ4n) is 4.45. The highest BCUT2D eigenvalue weighted by atomic mass is 16.2. The summed E-state index contributed by atoms with van der Waals surface area (Å²) in [5.41, 5.74) is 1.06. The van der Waals surface area contributed by atoms with Gasteiger partial charge in [0.15, 0.2) is 0 Å². The van der Waals surface area contributed by atoms with E-state index in [2.05, 4.69) is 35.9 Å². The lowest BCUT2D eigenvalue weighted by atomic mass is 9.75. The van der Waals surface area contributed by atoms with Crippen molar-refractivity contribution in [2.75, 3.05) is 27.2 Å². The molecule has 3 saturated heterocycles. The predicted octanol–water partition coefficient (Wildman–Crippen LogP) is -2.51. The van der Waals surface area contributed by atoms with Gasteiger partial charge in [-0.1, -0.05) is 5.21 Å². The minimum Gasteiger partial charge on any atom is -0.353 e. The lowest BCUT2D eigenvalue weighted by molar-refractivity contribution is -0.945. The Morgan fingerprint density at radius 1 is 1.42 bits per heavy atom. The normalized spacial score (nSPS) is 32.3. The molecule has 3 aliphatic heterocycles. The lowest BCUT2D eigenvalue weighted by Crippen LogP contribution is -3.20. The average molecular weight is 334 g/mol. The van der Waals surface area contributed by atoms with Crippen LogP contribution >= 0.6 is 0 Å². The summed E-state index contributed by atoms with van der Waals surface area (Å²) in [6, 6.07) is 1.06. The van der Waals surface area contributed by atoms with Crippen LogP contribution in [0.15, 0.2) is 6.20 Å². The maximum Gasteiger partial charge on any atom is 0.229 e. The third kappa shape index (κ3) is 3.47. The van der Waals surface area contributed by atoms with Crippen LogP contribution in [0.4, 0.5) is 0 Å². The van der Waals surface area contributed by atoms with Crippen molar-refractivity contribution in [3.8, 4) is 0 Å². The number of piperidine rings is 3. The van der Waals surface area contributed by atoms with E-state index >= 15 is 0 Å². The first-order chi connectivity index (χ1) is 11.6. The van der Waals surface area contributed by atoms with Gasteiger partial charge in [0.1, 0.15) is 18.3 Å². The predicted molar refractivity (Wildman–Crippen MR) is 88.4 cm³/mol. The van der Waals surface area contributed by atoms with E-state index < -0.39 is 0 Å². The Morgan fingerprint density at radius 3 is 2.92 bits per heavy atom. The van der Waals surface area contributed by atoms with E-state index in [-0.39, 0.29) is 5.92 Å². The van der Waals surface area contributed by atoms with Gasteiger partial charge in [-0.3, -0.25) is 4.79 Å². The van der Waals surface area contributed by atoms with E-state index in [0.29, 0.717) is 23.9 Å². The largest absolute Gasteiger partial charge is 0.353 e. The highest BCUT2D eigenvalue weighted by Crippen LogP contribution is 2.29. The van der Waals surface area contributed by atoms with Gasteiger partial charge in [0.25, 0.3) is 0 Å². The van der Waals surface area contributed by atoms with Crippen LogP contribution in [0.2, 0.25) is 0 Å². The van der Waals surface area contributed by atoms with Gasteiger partial charge in [0, 0.05) is 18.9 Å². The molecule has 2 bridgehead atoms. The van der Waals surface area contributed by atoms with E-state index in [1.165, 1.54) is 30.7 Å². The summed E-state index contributed by atoms with van der Waals surface area (Å²) in [6.45, 7) is 4.04. The van der Waals surface area contributed by atoms with Crippen molar-refractivity contribution in [2.45, 2.75) is 50.9 Å². The van der Waals surface area contributed by atoms with Crippen molar-refractivity contribution >= 4 is 5.91 Å². The Balaban J connectivity index is 1.35. The van der Waals surface area contributed by atoms with Crippen molar-refractivity contribution in [3.63, 3.8) is 0 Å².